The van der Waals surface area contributed by atoms with Crippen molar-refractivity contribution < 1.29 is 13.9 Å². The quantitative estimate of drug-likeness (QED) is 0.330. The topological polar surface area (TPSA) is 27.7 Å². The molecule has 0 radical (unpaired) electrons. The Kier molecular flexibility index (Phi) is 7.19. The van der Waals surface area contributed by atoms with Gasteiger partial charge in [-0.05, 0) is 87.2 Å². The van der Waals surface area contributed by atoms with E-state index in [0.29, 0.717) is 18.6 Å². The zero-order chi connectivity index (χ0) is 21.9. The van der Waals surface area contributed by atoms with Gasteiger partial charge in [-0.25, -0.2) is 0 Å². The van der Waals surface area contributed by atoms with Crippen LogP contribution in [0.3, 0.4) is 0 Å². The predicted molar refractivity (Wildman–Crippen MR) is 128 cm³/mol. The highest BCUT2D eigenvalue weighted by atomic mass is 28.4. The molecule has 1 aliphatic heterocycles. The molecule has 30 heavy (non-hydrogen) atoms. The van der Waals surface area contributed by atoms with E-state index >= 15 is 0 Å². The van der Waals surface area contributed by atoms with E-state index in [1.807, 2.05) is 0 Å². The van der Waals surface area contributed by atoms with E-state index in [-0.39, 0.29) is 5.04 Å². The zero-order valence-electron chi connectivity index (χ0n) is 20.0. The minimum atomic E-state index is -1.77. The summed E-state index contributed by atoms with van der Waals surface area (Å²) in [5.74, 6) is 2.72. The van der Waals surface area contributed by atoms with Gasteiger partial charge >= 0.3 is 0 Å². The Balaban J connectivity index is 1.78. The Labute approximate surface area is 184 Å². The van der Waals surface area contributed by atoms with Gasteiger partial charge in [0.25, 0.3) is 0 Å². The molecule has 0 aromatic heterocycles. The van der Waals surface area contributed by atoms with Crippen LogP contribution in [0.25, 0.3) is 0 Å². The van der Waals surface area contributed by atoms with Gasteiger partial charge in [0.2, 0.25) is 6.79 Å². The van der Waals surface area contributed by atoms with Gasteiger partial charge in [-0.2, -0.15) is 0 Å². The molecule has 1 aromatic rings. The largest absolute Gasteiger partial charge is 0.454 e. The lowest BCUT2D eigenvalue weighted by molar-refractivity contribution is 0.173. The van der Waals surface area contributed by atoms with E-state index in [0.717, 1.165) is 43.8 Å². The van der Waals surface area contributed by atoms with Gasteiger partial charge in [-0.15, -0.1) is 0 Å². The highest BCUT2D eigenvalue weighted by Crippen LogP contribution is 2.44. The van der Waals surface area contributed by atoms with Crippen LogP contribution in [-0.2, 0) is 4.43 Å². The van der Waals surface area contributed by atoms with Crippen molar-refractivity contribution in [2.45, 2.75) is 84.4 Å². The molecule has 2 atom stereocenters. The number of hydrogen-bond acceptors (Lipinski definition) is 3. The molecule has 0 bridgehead atoms. The first-order chi connectivity index (χ1) is 14.1. The molecule has 0 N–H and O–H groups in total. The summed E-state index contributed by atoms with van der Waals surface area (Å²) in [6.45, 7) is 17.2. The average Bonchev–Trinajstić information content (AvgIpc) is 3.13. The van der Waals surface area contributed by atoms with Crippen molar-refractivity contribution >= 4 is 8.32 Å². The lowest BCUT2D eigenvalue weighted by Crippen LogP contribution is -2.42. The van der Waals surface area contributed by atoms with Gasteiger partial charge < -0.3 is 13.9 Å². The van der Waals surface area contributed by atoms with Crippen molar-refractivity contribution in [2.75, 3.05) is 13.4 Å². The Morgan fingerprint density at radius 3 is 2.60 bits per heavy atom. The van der Waals surface area contributed by atoms with Crippen LogP contribution < -0.4 is 9.47 Å². The number of rotatable bonds is 7. The van der Waals surface area contributed by atoms with E-state index in [1.54, 1.807) is 5.57 Å². The molecular formula is C26H40O3Si. The van der Waals surface area contributed by atoms with Gasteiger partial charge in [-0.1, -0.05) is 50.1 Å². The highest BCUT2D eigenvalue weighted by Gasteiger charge is 2.39. The summed E-state index contributed by atoms with van der Waals surface area (Å²) in [5.41, 5.74) is 4.35. The van der Waals surface area contributed by atoms with Crippen LogP contribution in [-0.4, -0.2) is 21.7 Å². The minimum absolute atomic E-state index is 0.234. The van der Waals surface area contributed by atoms with Crippen LogP contribution >= 0.6 is 0 Å². The second kappa shape index (κ2) is 9.31. The van der Waals surface area contributed by atoms with Crippen molar-refractivity contribution in [1.29, 1.82) is 0 Å². The maximum absolute atomic E-state index is 6.71. The van der Waals surface area contributed by atoms with Gasteiger partial charge in [0.05, 0.1) is 0 Å². The fraction of sp³-hybridized carbons (Fsp3) is 0.615. The van der Waals surface area contributed by atoms with E-state index in [2.05, 4.69) is 78.1 Å². The van der Waals surface area contributed by atoms with Gasteiger partial charge in [-0.3, -0.25) is 0 Å². The van der Waals surface area contributed by atoms with E-state index in [9.17, 15) is 0 Å². The molecule has 0 fully saturated rings. The summed E-state index contributed by atoms with van der Waals surface area (Å²) in [6, 6.07) is 6.48. The second-order valence-corrected chi connectivity index (χ2v) is 15.5. The molecule has 0 amide bonds. The number of allylic oxidation sites excluding steroid dienone is 4. The molecule has 3 rings (SSSR count). The van der Waals surface area contributed by atoms with Crippen LogP contribution in [0.1, 0.15) is 71.8 Å². The summed E-state index contributed by atoms with van der Waals surface area (Å²) >= 11 is 0. The third kappa shape index (κ3) is 5.58. The van der Waals surface area contributed by atoms with E-state index < -0.39 is 8.32 Å². The third-order valence-electron chi connectivity index (χ3n) is 7.06. The van der Waals surface area contributed by atoms with Crippen LogP contribution in [0.5, 0.6) is 11.5 Å². The Hall–Kier alpha value is -1.52. The summed E-state index contributed by atoms with van der Waals surface area (Å²) < 4.78 is 17.9. The van der Waals surface area contributed by atoms with Crippen LogP contribution in [0.4, 0.5) is 0 Å². The maximum Gasteiger partial charge on any atom is 0.231 e. The first-order valence-electron chi connectivity index (χ1n) is 11.4. The molecule has 0 saturated heterocycles. The second-order valence-electron chi connectivity index (χ2n) is 10.7. The van der Waals surface area contributed by atoms with Crippen molar-refractivity contribution in [2.24, 2.45) is 5.92 Å². The lowest BCUT2D eigenvalue weighted by Gasteiger charge is -2.39. The summed E-state index contributed by atoms with van der Waals surface area (Å²) in [7, 11) is -1.77. The van der Waals surface area contributed by atoms with E-state index in [1.165, 1.54) is 11.1 Å². The number of fused-ring (bicyclic) bond motifs is 1. The van der Waals surface area contributed by atoms with Crippen molar-refractivity contribution in [3.63, 3.8) is 0 Å². The molecule has 166 valence electrons. The molecule has 1 aromatic carbocycles. The molecule has 2 aliphatic rings. The van der Waals surface area contributed by atoms with Crippen molar-refractivity contribution in [3.8, 4) is 11.5 Å². The summed E-state index contributed by atoms with van der Waals surface area (Å²) in [5, 5.41) is 0.234. The first-order valence-corrected chi connectivity index (χ1v) is 14.3. The molecule has 1 heterocycles. The molecule has 1 aliphatic carbocycles. The third-order valence-corrected chi connectivity index (χ3v) is 11.6. The number of hydrogen-bond donors (Lipinski definition) is 0. The summed E-state index contributed by atoms with van der Waals surface area (Å²) in [4.78, 5) is 0. The smallest absolute Gasteiger partial charge is 0.231 e. The monoisotopic (exact) mass is 428 g/mol. The number of benzene rings is 1. The predicted octanol–water partition coefficient (Wildman–Crippen LogP) is 7.60. The van der Waals surface area contributed by atoms with Crippen LogP contribution in [0, 0.1) is 5.92 Å². The molecule has 0 spiro atoms. The first kappa shape index (κ1) is 23.1. The fourth-order valence-corrected chi connectivity index (χ4v) is 5.12. The summed E-state index contributed by atoms with van der Waals surface area (Å²) in [6.07, 6.45) is 9.34. The molecule has 0 saturated carbocycles. The number of ether oxygens (including phenoxy) is 2. The maximum atomic E-state index is 6.71. The molecular weight excluding hydrogens is 388 g/mol. The lowest BCUT2D eigenvalue weighted by atomic mass is 9.75. The Bertz CT molecular complexity index is 797. The molecule has 4 heteroatoms. The van der Waals surface area contributed by atoms with E-state index in [4.69, 9.17) is 13.9 Å². The zero-order valence-corrected chi connectivity index (χ0v) is 21.0. The minimum Gasteiger partial charge on any atom is -0.454 e. The fourth-order valence-electron chi connectivity index (χ4n) is 4.06. The van der Waals surface area contributed by atoms with Crippen molar-refractivity contribution in [1.82, 2.24) is 0 Å². The van der Waals surface area contributed by atoms with Gasteiger partial charge in [0, 0.05) is 6.61 Å². The van der Waals surface area contributed by atoms with Gasteiger partial charge in [0.1, 0.15) is 0 Å². The van der Waals surface area contributed by atoms with Crippen LogP contribution in [0.15, 0.2) is 41.5 Å². The standard InChI is InChI=1S/C26H40O3Si/c1-19(2)9-8-10-20-11-13-23(21-12-14-24-25(16-21)28-18-27-24)22(15-20)17-29-30(6,7)26(3,4)5/h9,11-12,14,16,22-23H,8,10,13,15,17-18H2,1-7H3/t22-,23-/m1/s1. The highest BCUT2D eigenvalue weighted by molar-refractivity contribution is 6.74. The van der Waals surface area contributed by atoms with Gasteiger partial charge in [0.15, 0.2) is 19.8 Å². The molecule has 3 nitrogen and oxygen atoms in total. The normalized spacial score (nSPS) is 21.4. The SMILES string of the molecule is CC(C)=CCCC1=CC[C@H](c2ccc3c(c2)OCO3)[C@@H](CO[Si](C)(C)C(C)(C)C)C1. The van der Waals surface area contributed by atoms with Crippen LogP contribution in [0.2, 0.25) is 18.1 Å². The average molecular weight is 429 g/mol. The Morgan fingerprint density at radius 1 is 1.17 bits per heavy atom. The Morgan fingerprint density at radius 2 is 1.90 bits per heavy atom. The molecule has 0 unspecified atom stereocenters. The van der Waals surface area contributed by atoms with Crippen molar-refractivity contribution in [3.05, 3.63) is 47.1 Å².